The molecule has 5 nitrogen and oxygen atoms in total. The zero-order chi connectivity index (χ0) is 11.4. The van der Waals surface area contributed by atoms with Crippen molar-refractivity contribution in [1.82, 2.24) is 5.32 Å². The van der Waals surface area contributed by atoms with Gasteiger partial charge in [-0.05, 0) is 27.4 Å². The van der Waals surface area contributed by atoms with Crippen molar-refractivity contribution in [2.24, 2.45) is 0 Å². The van der Waals surface area contributed by atoms with Crippen molar-refractivity contribution in [2.75, 3.05) is 6.61 Å². The van der Waals surface area contributed by atoms with Crippen molar-refractivity contribution >= 4 is 39.1 Å². The molecule has 0 bridgehead atoms. The van der Waals surface area contributed by atoms with E-state index in [4.69, 9.17) is 10.2 Å². The lowest BCUT2D eigenvalue weighted by molar-refractivity contribution is -0.140. The van der Waals surface area contributed by atoms with Crippen LogP contribution in [0, 0.1) is 0 Å². The third kappa shape index (κ3) is 3.01. The van der Waals surface area contributed by atoms with Gasteiger partial charge in [-0.2, -0.15) is 0 Å². The van der Waals surface area contributed by atoms with E-state index in [9.17, 15) is 9.59 Å². The van der Waals surface area contributed by atoms with E-state index in [-0.39, 0.29) is 0 Å². The standard InChI is InChI=1S/C8H8BrNO4S/c9-4-1-2-15-6(4)7(12)10-5(3-11)8(13)14/h1-2,5,11H,3H2,(H,10,12)(H,13,14)/t5-/m1/s1. The van der Waals surface area contributed by atoms with Crippen LogP contribution in [0.2, 0.25) is 0 Å². The SMILES string of the molecule is O=C(N[C@H](CO)C(=O)O)c1sccc1Br. The second kappa shape index (κ2) is 5.24. The molecule has 7 heteroatoms. The fourth-order valence-corrected chi connectivity index (χ4v) is 2.32. The molecule has 0 fully saturated rings. The van der Waals surface area contributed by atoms with E-state index >= 15 is 0 Å². The highest BCUT2D eigenvalue weighted by Gasteiger charge is 2.21. The van der Waals surface area contributed by atoms with Crippen LogP contribution in [-0.4, -0.2) is 34.7 Å². The molecule has 0 saturated carbocycles. The minimum atomic E-state index is -1.27. The van der Waals surface area contributed by atoms with E-state index in [0.717, 1.165) is 0 Å². The number of hydrogen-bond donors (Lipinski definition) is 3. The first-order valence-corrected chi connectivity index (χ1v) is 5.61. The maximum absolute atomic E-state index is 11.5. The second-order valence-electron chi connectivity index (χ2n) is 2.64. The summed E-state index contributed by atoms with van der Waals surface area (Å²) >= 11 is 4.34. The molecule has 1 rings (SSSR count). The zero-order valence-electron chi connectivity index (χ0n) is 7.44. The fraction of sp³-hybridized carbons (Fsp3) is 0.250. The summed E-state index contributed by atoms with van der Waals surface area (Å²) in [5, 5.41) is 21.2. The number of carboxylic acids is 1. The number of carbonyl (C=O) groups excluding carboxylic acids is 1. The Kier molecular flexibility index (Phi) is 4.25. The summed E-state index contributed by atoms with van der Waals surface area (Å²) in [6.45, 7) is -0.635. The van der Waals surface area contributed by atoms with Gasteiger partial charge in [0.2, 0.25) is 0 Å². The number of thiophene rings is 1. The van der Waals surface area contributed by atoms with Crippen molar-refractivity contribution in [1.29, 1.82) is 0 Å². The molecule has 1 amide bonds. The number of nitrogens with one attached hydrogen (secondary N) is 1. The number of carboxylic acid groups (broad SMARTS) is 1. The van der Waals surface area contributed by atoms with Gasteiger partial charge >= 0.3 is 5.97 Å². The van der Waals surface area contributed by atoms with Crippen LogP contribution < -0.4 is 5.32 Å². The Balaban J connectivity index is 2.71. The molecule has 15 heavy (non-hydrogen) atoms. The van der Waals surface area contributed by atoms with E-state index in [1.807, 2.05) is 0 Å². The van der Waals surface area contributed by atoms with Crippen LogP contribution in [0.25, 0.3) is 0 Å². The molecule has 0 aliphatic heterocycles. The average molecular weight is 294 g/mol. The van der Waals surface area contributed by atoms with Gasteiger partial charge in [0.15, 0.2) is 6.04 Å². The van der Waals surface area contributed by atoms with Gasteiger partial charge in [-0.1, -0.05) is 0 Å². The first kappa shape index (κ1) is 12.2. The van der Waals surface area contributed by atoms with Gasteiger partial charge in [-0.15, -0.1) is 11.3 Å². The minimum absolute atomic E-state index is 0.384. The number of amides is 1. The van der Waals surface area contributed by atoms with E-state index in [0.29, 0.717) is 9.35 Å². The Bertz CT molecular complexity index is 378. The van der Waals surface area contributed by atoms with Crippen molar-refractivity contribution in [2.45, 2.75) is 6.04 Å². The lowest BCUT2D eigenvalue weighted by atomic mass is 10.3. The summed E-state index contributed by atoms with van der Waals surface area (Å²) in [4.78, 5) is 22.4. The molecule has 0 aromatic carbocycles. The van der Waals surface area contributed by atoms with Gasteiger partial charge < -0.3 is 15.5 Å². The Morgan fingerprint density at radius 2 is 2.27 bits per heavy atom. The molecule has 0 spiro atoms. The van der Waals surface area contributed by atoms with Gasteiger partial charge in [-0.3, -0.25) is 4.79 Å². The summed E-state index contributed by atoms with van der Waals surface area (Å²) in [5.74, 6) is -1.78. The highest BCUT2D eigenvalue weighted by atomic mass is 79.9. The number of carbonyl (C=O) groups is 2. The number of hydrogen-bond acceptors (Lipinski definition) is 4. The Labute approximate surface area is 97.9 Å². The molecule has 1 atom stereocenters. The van der Waals surface area contributed by atoms with E-state index < -0.39 is 24.5 Å². The summed E-state index contributed by atoms with van der Waals surface area (Å²) in [6.07, 6.45) is 0. The van der Waals surface area contributed by atoms with E-state index in [1.165, 1.54) is 11.3 Å². The van der Waals surface area contributed by atoms with Crippen LogP contribution in [0.4, 0.5) is 0 Å². The first-order valence-electron chi connectivity index (χ1n) is 3.93. The van der Waals surface area contributed by atoms with Crippen LogP contribution in [0.1, 0.15) is 9.67 Å². The van der Waals surface area contributed by atoms with Crippen LogP contribution >= 0.6 is 27.3 Å². The first-order chi connectivity index (χ1) is 7.06. The average Bonchev–Trinajstić information content (AvgIpc) is 2.60. The second-order valence-corrected chi connectivity index (χ2v) is 4.41. The van der Waals surface area contributed by atoms with Crippen LogP contribution in [0.3, 0.4) is 0 Å². The number of aliphatic hydroxyl groups excluding tert-OH is 1. The number of aliphatic carboxylic acids is 1. The van der Waals surface area contributed by atoms with Crippen LogP contribution in [0.5, 0.6) is 0 Å². The smallest absolute Gasteiger partial charge is 0.328 e. The Morgan fingerprint density at radius 3 is 2.67 bits per heavy atom. The summed E-state index contributed by atoms with van der Waals surface area (Å²) in [5.41, 5.74) is 0. The lowest BCUT2D eigenvalue weighted by Gasteiger charge is -2.10. The topological polar surface area (TPSA) is 86.6 Å². The molecular formula is C8H8BrNO4S. The van der Waals surface area contributed by atoms with Crippen molar-refractivity contribution in [3.05, 3.63) is 20.8 Å². The van der Waals surface area contributed by atoms with Gasteiger partial charge in [-0.25, -0.2) is 4.79 Å². The summed E-state index contributed by atoms with van der Waals surface area (Å²) < 4.78 is 0.604. The summed E-state index contributed by atoms with van der Waals surface area (Å²) in [7, 11) is 0. The molecule has 1 aromatic rings. The van der Waals surface area contributed by atoms with Crippen molar-refractivity contribution in [3.63, 3.8) is 0 Å². The molecule has 0 unspecified atom stereocenters. The third-order valence-corrected chi connectivity index (χ3v) is 3.45. The van der Waals surface area contributed by atoms with Crippen LogP contribution in [-0.2, 0) is 4.79 Å². The monoisotopic (exact) mass is 293 g/mol. The van der Waals surface area contributed by atoms with Gasteiger partial charge in [0.1, 0.15) is 4.88 Å². The molecule has 0 radical (unpaired) electrons. The van der Waals surface area contributed by atoms with E-state index in [2.05, 4.69) is 21.2 Å². The molecule has 0 aliphatic rings. The normalized spacial score (nSPS) is 12.1. The zero-order valence-corrected chi connectivity index (χ0v) is 9.84. The summed E-state index contributed by atoms with van der Waals surface area (Å²) in [6, 6.07) is 0.417. The largest absolute Gasteiger partial charge is 0.480 e. The van der Waals surface area contributed by atoms with Crippen molar-refractivity contribution < 1.29 is 19.8 Å². The maximum Gasteiger partial charge on any atom is 0.328 e. The molecule has 1 aromatic heterocycles. The van der Waals surface area contributed by atoms with Gasteiger partial charge in [0.05, 0.1) is 6.61 Å². The van der Waals surface area contributed by atoms with Gasteiger partial charge in [0, 0.05) is 4.47 Å². The van der Waals surface area contributed by atoms with Crippen LogP contribution in [0.15, 0.2) is 15.9 Å². The maximum atomic E-state index is 11.5. The fourth-order valence-electron chi connectivity index (χ4n) is 0.865. The van der Waals surface area contributed by atoms with Crippen molar-refractivity contribution in [3.8, 4) is 0 Å². The predicted molar refractivity (Wildman–Crippen MR) is 58.0 cm³/mol. The molecule has 0 saturated heterocycles. The number of aliphatic hydroxyl groups is 1. The molecule has 1 heterocycles. The van der Waals surface area contributed by atoms with E-state index in [1.54, 1.807) is 11.4 Å². The highest BCUT2D eigenvalue weighted by Crippen LogP contribution is 2.22. The predicted octanol–water partition coefficient (Wildman–Crippen LogP) is 0.686. The Morgan fingerprint density at radius 1 is 1.60 bits per heavy atom. The number of halogens is 1. The highest BCUT2D eigenvalue weighted by molar-refractivity contribution is 9.10. The molecule has 3 N–H and O–H groups in total. The number of rotatable bonds is 4. The third-order valence-electron chi connectivity index (χ3n) is 1.61. The van der Waals surface area contributed by atoms with Gasteiger partial charge in [0.25, 0.3) is 5.91 Å². The molecule has 0 aliphatic carbocycles. The molecular weight excluding hydrogens is 286 g/mol. The lowest BCUT2D eigenvalue weighted by Crippen LogP contribution is -2.43. The Hall–Kier alpha value is -0.920. The molecule has 82 valence electrons. The quantitative estimate of drug-likeness (QED) is 0.762. The minimum Gasteiger partial charge on any atom is -0.480 e.